The summed E-state index contributed by atoms with van der Waals surface area (Å²) in [6.45, 7) is 4.04. The fourth-order valence-electron chi connectivity index (χ4n) is 5.95. The zero-order chi connectivity index (χ0) is 40.5. The molecule has 20 heteroatoms. The Labute approximate surface area is 310 Å². The minimum atomic E-state index is -4.80. The predicted octanol–water partition coefficient (Wildman–Crippen LogP) is 5.96. The van der Waals surface area contributed by atoms with Gasteiger partial charge < -0.3 is 19.3 Å². The van der Waals surface area contributed by atoms with Crippen molar-refractivity contribution in [3.8, 4) is 0 Å². The lowest BCUT2D eigenvalue weighted by molar-refractivity contribution is -0.160. The number of carboxylic acid groups (broad SMARTS) is 1. The number of hydrogen-bond donors (Lipinski definition) is 1. The first-order valence-electron chi connectivity index (χ1n) is 16.9. The second kappa shape index (κ2) is 18.6. The van der Waals surface area contributed by atoms with Gasteiger partial charge in [-0.2, -0.15) is 35.0 Å². The third-order valence-corrected chi connectivity index (χ3v) is 12.2. The fraction of sp³-hybridized carbons (Fsp3) is 0.588. The Hall–Kier alpha value is -3.30. The molecule has 2 unspecified atom stereocenters. The van der Waals surface area contributed by atoms with E-state index in [9.17, 15) is 52.8 Å². The first-order chi connectivity index (χ1) is 25.0. The predicted molar refractivity (Wildman–Crippen MR) is 181 cm³/mol. The molecule has 2 aliphatic rings. The number of sulfonamides is 2. The van der Waals surface area contributed by atoms with Gasteiger partial charge in [-0.25, -0.2) is 26.4 Å². The summed E-state index contributed by atoms with van der Waals surface area (Å²) >= 11 is 0. The molecule has 0 amide bonds. The van der Waals surface area contributed by atoms with Crippen molar-refractivity contribution in [2.24, 2.45) is 0 Å². The molecule has 2 aromatic rings. The molecule has 2 heterocycles. The van der Waals surface area contributed by atoms with E-state index in [-0.39, 0.29) is 32.9 Å². The van der Waals surface area contributed by atoms with Crippen molar-refractivity contribution in [1.82, 2.24) is 8.61 Å². The van der Waals surface area contributed by atoms with Crippen LogP contribution in [0.5, 0.6) is 0 Å². The van der Waals surface area contributed by atoms with E-state index in [0.717, 1.165) is 45.0 Å². The van der Waals surface area contributed by atoms with Gasteiger partial charge in [0.1, 0.15) is 18.8 Å². The van der Waals surface area contributed by atoms with Gasteiger partial charge in [0.15, 0.2) is 0 Å². The number of carbonyl (C=O) groups is 2. The average Bonchev–Trinajstić information content (AvgIpc) is 3.07. The van der Waals surface area contributed by atoms with Crippen LogP contribution in [0.4, 0.5) is 26.3 Å². The highest BCUT2D eigenvalue weighted by atomic mass is 32.2. The Morgan fingerprint density at radius 1 is 0.685 bits per heavy atom. The normalized spacial score (nSPS) is 19.4. The van der Waals surface area contributed by atoms with Crippen LogP contribution in [0.1, 0.15) is 70.4 Å². The number of esters is 1. The molecule has 2 atom stereocenters. The lowest BCUT2D eigenvalue weighted by Crippen LogP contribution is -2.46. The third kappa shape index (κ3) is 12.6. The van der Waals surface area contributed by atoms with E-state index in [1.54, 1.807) is 20.8 Å². The van der Waals surface area contributed by atoms with Crippen LogP contribution in [0, 0.1) is 0 Å². The molecule has 4 rings (SSSR count). The maximum absolute atomic E-state index is 13.3. The summed E-state index contributed by atoms with van der Waals surface area (Å²) in [5, 5.41) is 8.59. The minimum Gasteiger partial charge on any atom is -0.480 e. The Morgan fingerprint density at radius 2 is 1.07 bits per heavy atom. The number of nitrogens with zero attached hydrogens (tertiary/aromatic N) is 2. The van der Waals surface area contributed by atoms with E-state index in [1.165, 1.54) is 12.1 Å². The molecule has 0 bridgehead atoms. The molecule has 304 valence electrons. The Balaban J connectivity index is 0.000000294. The van der Waals surface area contributed by atoms with Crippen molar-refractivity contribution in [2.45, 2.75) is 99.1 Å². The maximum Gasteiger partial charge on any atom is 0.417 e. The van der Waals surface area contributed by atoms with Crippen molar-refractivity contribution in [2.75, 3.05) is 39.5 Å². The average molecular weight is 819 g/mol. The third-order valence-electron chi connectivity index (χ3n) is 8.19. The monoisotopic (exact) mass is 818 g/mol. The number of ether oxygens (including phenoxy) is 3. The number of hydrogen-bond acceptors (Lipinski definition) is 9. The van der Waals surface area contributed by atoms with E-state index < -0.39 is 89.5 Å². The van der Waals surface area contributed by atoms with Crippen LogP contribution in [-0.4, -0.2) is 99.7 Å². The van der Waals surface area contributed by atoms with E-state index >= 15 is 0 Å². The van der Waals surface area contributed by atoms with Gasteiger partial charge >= 0.3 is 24.3 Å². The molecule has 2 aliphatic heterocycles. The zero-order valence-corrected chi connectivity index (χ0v) is 31.5. The van der Waals surface area contributed by atoms with E-state index in [2.05, 4.69) is 0 Å². The van der Waals surface area contributed by atoms with Crippen LogP contribution in [0.25, 0.3) is 0 Å². The second-order valence-electron chi connectivity index (χ2n) is 13.5. The van der Waals surface area contributed by atoms with Crippen LogP contribution < -0.4 is 0 Å². The van der Waals surface area contributed by atoms with Gasteiger partial charge in [-0.1, -0.05) is 37.1 Å². The molecule has 2 aromatic carbocycles. The van der Waals surface area contributed by atoms with Crippen LogP contribution in [0.3, 0.4) is 0 Å². The highest BCUT2D eigenvalue weighted by Crippen LogP contribution is 2.38. The van der Waals surface area contributed by atoms with Crippen molar-refractivity contribution < 1.29 is 72.1 Å². The van der Waals surface area contributed by atoms with Crippen molar-refractivity contribution >= 4 is 32.0 Å². The largest absolute Gasteiger partial charge is 0.480 e. The minimum absolute atomic E-state index is 0.0651. The van der Waals surface area contributed by atoms with Crippen LogP contribution in [0.15, 0.2) is 58.3 Å². The number of aliphatic carboxylic acids is 1. The number of halogens is 6. The summed E-state index contributed by atoms with van der Waals surface area (Å²) in [6, 6.07) is 6.81. The number of alkyl halides is 6. The first-order valence-corrected chi connectivity index (χ1v) is 19.8. The summed E-state index contributed by atoms with van der Waals surface area (Å²) in [5.74, 6) is -1.79. The first kappa shape index (κ1) is 45.1. The fourth-order valence-corrected chi connectivity index (χ4v) is 9.74. The smallest absolute Gasteiger partial charge is 0.417 e. The number of piperidine rings is 2. The van der Waals surface area contributed by atoms with Gasteiger partial charge in [0.2, 0.25) is 20.0 Å². The van der Waals surface area contributed by atoms with Gasteiger partial charge in [0.25, 0.3) is 0 Å². The zero-order valence-electron chi connectivity index (χ0n) is 29.9. The van der Waals surface area contributed by atoms with E-state index in [0.29, 0.717) is 38.5 Å². The molecular formula is C34H44F6N2O10S2. The van der Waals surface area contributed by atoms with Gasteiger partial charge in [-0.3, -0.25) is 0 Å². The van der Waals surface area contributed by atoms with Gasteiger partial charge in [-0.05, 0) is 70.7 Å². The number of carbonyl (C=O) groups excluding carboxylic acids is 1. The van der Waals surface area contributed by atoms with Gasteiger partial charge in [-0.15, -0.1) is 0 Å². The van der Waals surface area contributed by atoms with Gasteiger partial charge in [0.05, 0.1) is 34.1 Å². The van der Waals surface area contributed by atoms with Crippen molar-refractivity contribution in [1.29, 1.82) is 0 Å². The van der Waals surface area contributed by atoms with Gasteiger partial charge in [0, 0.05) is 25.2 Å². The molecule has 0 aliphatic carbocycles. The molecule has 54 heavy (non-hydrogen) atoms. The Morgan fingerprint density at radius 3 is 1.44 bits per heavy atom. The molecular weight excluding hydrogens is 775 g/mol. The SMILES string of the molecule is CC(C)(C)OC(=O)COCC1CCCCN1S(=O)(=O)c1ccccc1C(F)(F)F.O=C(O)COCC1CCCCN1S(=O)(=O)c1ccccc1C(F)(F)F. The van der Waals surface area contributed by atoms with Crippen LogP contribution in [-0.2, 0) is 56.2 Å². The van der Waals surface area contributed by atoms with Crippen LogP contribution >= 0.6 is 0 Å². The summed E-state index contributed by atoms with van der Waals surface area (Å²) < 4.78 is 149. The highest BCUT2D eigenvalue weighted by molar-refractivity contribution is 7.89. The molecule has 0 radical (unpaired) electrons. The number of benzene rings is 2. The molecule has 1 N–H and O–H groups in total. The van der Waals surface area contributed by atoms with Crippen LogP contribution in [0.2, 0.25) is 0 Å². The molecule has 0 saturated carbocycles. The van der Waals surface area contributed by atoms with E-state index in [4.69, 9.17) is 19.3 Å². The molecule has 2 fully saturated rings. The Kier molecular flexibility index (Phi) is 15.5. The Bertz CT molecular complexity index is 1800. The lowest BCUT2D eigenvalue weighted by atomic mass is 10.1. The summed E-state index contributed by atoms with van der Waals surface area (Å²) in [6.07, 6.45) is -6.30. The maximum atomic E-state index is 13.3. The summed E-state index contributed by atoms with van der Waals surface area (Å²) in [4.78, 5) is 20.7. The summed E-state index contributed by atoms with van der Waals surface area (Å²) in [7, 11) is -8.78. The topological polar surface area (TPSA) is 157 Å². The molecule has 0 spiro atoms. The summed E-state index contributed by atoms with van der Waals surface area (Å²) in [5.41, 5.74) is -3.09. The lowest BCUT2D eigenvalue weighted by Gasteiger charge is -2.35. The van der Waals surface area contributed by atoms with Crippen molar-refractivity contribution in [3.05, 3.63) is 59.7 Å². The molecule has 0 aromatic heterocycles. The highest BCUT2D eigenvalue weighted by Gasteiger charge is 2.43. The quantitative estimate of drug-likeness (QED) is 0.200. The standard InChI is InChI=1S/C19H26F3NO5S.C15H18F3NO5S/c1-18(2,3)28-17(24)13-27-12-14-8-6-7-11-23(14)29(25,26)16-10-5-4-9-15(16)19(20,21)22;16-15(17,18)12-6-1-2-7-13(12)25(22,23)19-8-4-3-5-11(19)9-24-10-14(20)21/h4-5,9-10,14H,6-8,11-13H2,1-3H3;1-2,6-7,11H,3-5,8-10H2,(H,20,21). The van der Waals surface area contributed by atoms with E-state index in [1.807, 2.05) is 0 Å². The molecule has 2 saturated heterocycles. The number of carboxylic acids is 1. The molecule has 12 nitrogen and oxygen atoms in total. The van der Waals surface area contributed by atoms with Crippen molar-refractivity contribution in [3.63, 3.8) is 0 Å². The number of rotatable bonds is 12. The second-order valence-corrected chi connectivity index (χ2v) is 17.2.